The Balaban J connectivity index is 1.39. The maximum Gasteiger partial charge on any atom is 0.379 e. The standard InChI is InChI=1S/C30H25N3O6/c1-3-37-25-17-19(14-15-22(25)39-30(35)24-13-8-16-38-24)18-31-33-29(34)28-26(20-9-5-4-6-10-20)21-11-7-12-23(36-2)27(21)32-28/h4-18,32H,3H2,1-2H3,(H,33,34). The van der Waals surface area contributed by atoms with Crippen LogP contribution in [0.1, 0.15) is 33.5 Å². The Morgan fingerprint density at radius 1 is 0.974 bits per heavy atom. The van der Waals surface area contributed by atoms with Crippen molar-refractivity contribution in [2.24, 2.45) is 5.10 Å². The summed E-state index contributed by atoms with van der Waals surface area (Å²) in [5, 5.41) is 5.00. The summed E-state index contributed by atoms with van der Waals surface area (Å²) in [6.07, 6.45) is 2.87. The monoisotopic (exact) mass is 523 g/mol. The number of hydrogen-bond donors (Lipinski definition) is 2. The number of hydrazone groups is 1. The maximum atomic E-state index is 13.3. The third-order valence-electron chi connectivity index (χ3n) is 5.88. The Bertz CT molecular complexity index is 1640. The van der Waals surface area contributed by atoms with Crippen LogP contribution in [0.15, 0.2) is 94.6 Å². The predicted octanol–water partition coefficient (Wildman–Crippen LogP) is 5.82. The molecule has 2 heterocycles. The molecular formula is C30H25N3O6. The Labute approximate surface area is 224 Å². The van der Waals surface area contributed by atoms with Gasteiger partial charge in [-0.25, -0.2) is 10.2 Å². The summed E-state index contributed by atoms with van der Waals surface area (Å²) in [6, 6.07) is 23.3. The molecule has 39 heavy (non-hydrogen) atoms. The average molecular weight is 524 g/mol. The zero-order chi connectivity index (χ0) is 27.2. The van der Waals surface area contributed by atoms with E-state index in [1.54, 1.807) is 31.4 Å². The highest BCUT2D eigenvalue weighted by Gasteiger charge is 2.21. The van der Waals surface area contributed by atoms with Gasteiger partial charge in [-0.3, -0.25) is 4.79 Å². The van der Waals surface area contributed by atoms with Crippen LogP contribution in [0.5, 0.6) is 17.2 Å². The van der Waals surface area contributed by atoms with Gasteiger partial charge in [0.15, 0.2) is 11.5 Å². The zero-order valence-electron chi connectivity index (χ0n) is 21.3. The first-order valence-electron chi connectivity index (χ1n) is 12.2. The second-order valence-electron chi connectivity index (χ2n) is 8.33. The van der Waals surface area contributed by atoms with Gasteiger partial charge >= 0.3 is 5.97 Å². The molecule has 0 aliphatic rings. The summed E-state index contributed by atoms with van der Waals surface area (Å²) in [5.41, 5.74) is 5.92. The number of fused-ring (bicyclic) bond motifs is 1. The van der Waals surface area contributed by atoms with Crippen LogP contribution in [0.2, 0.25) is 0 Å². The van der Waals surface area contributed by atoms with E-state index in [-0.39, 0.29) is 11.5 Å². The number of nitrogens with one attached hydrogen (secondary N) is 2. The lowest BCUT2D eigenvalue weighted by atomic mass is 10.0. The number of H-pyrrole nitrogens is 1. The van der Waals surface area contributed by atoms with Crippen LogP contribution in [0.3, 0.4) is 0 Å². The molecule has 9 nitrogen and oxygen atoms in total. The molecule has 5 aromatic rings. The quantitative estimate of drug-likeness (QED) is 0.109. The molecule has 0 saturated heterocycles. The van der Waals surface area contributed by atoms with Gasteiger partial charge in [0.1, 0.15) is 11.4 Å². The molecule has 1 amide bonds. The van der Waals surface area contributed by atoms with Gasteiger partial charge in [0, 0.05) is 10.9 Å². The molecule has 0 aliphatic heterocycles. The number of para-hydroxylation sites is 1. The number of furan rings is 1. The normalized spacial score (nSPS) is 11.0. The highest BCUT2D eigenvalue weighted by molar-refractivity contribution is 6.11. The molecule has 2 N–H and O–H groups in total. The van der Waals surface area contributed by atoms with Gasteiger partial charge in [-0.1, -0.05) is 42.5 Å². The van der Waals surface area contributed by atoms with E-state index in [9.17, 15) is 9.59 Å². The highest BCUT2D eigenvalue weighted by atomic mass is 16.6. The van der Waals surface area contributed by atoms with Crippen molar-refractivity contribution in [3.8, 4) is 28.4 Å². The van der Waals surface area contributed by atoms with Crippen molar-refractivity contribution >= 4 is 29.0 Å². The molecule has 5 rings (SSSR count). The largest absolute Gasteiger partial charge is 0.495 e. The summed E-state index contributed by atoms with van der Waals surface area (Å²) in [7, 11) is 1.58. The van der Waals surface area contributed by atoms with E-state index in [1.165, 1.54) is 18.5 Å². The second kappa shape index (κ2) is 11.4. The number of ether oxygens (including phenoxy) is 3. The minimum absolute atomic E-state index is 0.0790. The SMILES string of the molecule is CCOc1cc(C=NNC(=O)c2[nH]c3c(OC)cccc3c2-c2ccccc2)ccc1OC(=O)c1ccco1. The lowest BCUT2D eigenvalue weighted by Crippen LogP contribution is -2.18. The summed E-state index contributed by atoms with van der Waals surface area (Å²) < 4.78 is 21.6. The number of rotatable bonds is 9. The molecule has 0 aliphatic carbocycles. The molecular weight excluding hydrogens is 498 g/mol. The van der Waals surface area contributed by atoms with Crippen LogP contribution in [0.25, 0.3) is 22.0 Å². The molecule has 0 atom stereocenters. The van der Waals surface area contributed by atoms with Crippen molar-refractivity contribution in [3.05, 3.63) is 102 Å². The summed E-state index contributed by atoms with van der Waals surface area (Å²) in [5.74, 6) is 0.232. The second-order valence-corrected chi connectivity index (χ2v) is 8.33. The average Bonchev–Trinajstić information content (AvgIpc) is 3.64. The number of carbonyl (C=O) groups excluding carboxylic acids is 2. The van der Waals surface area contributed by atoms with Crippen LogP contribution < -0.4 is 19.6 Å². The number of aromatic amines is 1. The number of methoxy groups -OCH3 is 1. The van der Waals surface area contributed by atoms with Crippen LogP contribution >= 0.6 is 0 Å². The fourth-order valence-electron chi connectivity index (χ4n) is 4.16. The van der Waals surface area contributed by atoms with E-state index in [1.807, 2.05) is 55.5 Å². The molecule has 196 valence electrons. The lowest BCUT2D eigenvalue weighted by molar-refractivity contribution is 0.0695. The van der Waals surface area contributed by atoms with Crippen molar-refractivity contribution in [2.75, 3.05) is 13.7 Å². The topological polar surface area (TPSA) is 115 Å². The molecule has 0 radical (unpaired) electrons. The van der Waals surface area contributed by atoms with Crippen molar-refractivity contribution in [3.63, 3.8) is 0 Å². The highest BCUT2D eigenvalue weighted by Crippen LogP contribution is 2.36. The van der Waals surface area contributed by atoms with E-state index in [0.717, 1.165) is 16.5 Å². The van der Waals surface area contributed by atoms with Crippen LogP contribution in [-0.4, -0.2) is 36.8 Å². The third-order valence-corrected chi connectivity index (χ3v) is 5.88. The van der Waals surface area contributed by atoms with Crippen molar-refractivity contribution < 1.29 is 28.2 Å². The van der Waals surface area contributed by atoms with E-state index < -0.39 is 11.9 Å². The summed E-state index contributed by atoms with van der Waals surface area (Å²) in [6.45, 7) is 2.17. The van der Waals surface area contributed by atoms with Crippen molar-refractivity contribution in [1.82, 2.24) is 10.4 Å². The van der Waals surface area contributed by atoms with E-state index in [4.69, 9.17) is 18.6 Å². The number of amides is 1. The van der Waals surface area contributed by atoms with Gasteiger partial charge in [0.25, 0.3) is 5.91 Å². The fourth-order valence-corrected chi connectivity index (χ4v) is 4.16. The van der Waals surface area contributed by atoms with Crippen molar-refractivity contribution in [2.45, 2.75) is 6.92 Å². The number of carbonyl (C=O) groups is 2. The van der Waals surface area contributed by atoms with Crippen LogP contribution in [-0.2, 0) is 0 Å². The summed E-state index contributed by atoms with van der Waals surface area (Å²) >= 11 is 0. The summed E-state index contributed by atoms with van der Waals surface area (Å²) in [4.78, 5) is 28.8. The van der Waals surface area contributed by atoms with Gasteiger partial charge in [-0.15, -0.1) is 0 Å². The zero-order valence-corrected chi connectivity index (χ0v) is 21.3. The van der Waals surface area contributed by atoms with Gasteiger partial charge in [-0.2, -0.15) is 5.10 Å². The molecule has 3 aromatic carbocycles. The Hall–Kier alpha value is -5.31. The van der Waals surface area contributed by atoms with E-state index >= 15 is 0 Å². The molecule has 0 spiro atoms. The molecule has 0 fully saturated rings. The lowest BCUT2D eigenvalue weighted by Gasteiger charge is -2.10. The number of esters is 1. The molecule has 0 bridgehead atoms. The fraction of sp³-hybridized carbons (Fsp3) is 0.100. The minimum atomic E-state index is -0.640. The molecule has 0 saturated carbocycles. The van der Waals surface area contributed by atoms with Crippen LogP contribution in [0.4, 0.5) is 0 Å². The minimum Gasteiger partial charge on any atom is -0.495 e. The maximum absolute atomic E-state index is 13.3. The van der Waals surface area contributed by atoms with Gasteiger partial charge in [-0.05, 0) is 54.4 Å². The Morgan fingerprint density at radius 3 is 2.56 bits per heavy atom. The molecule has 9 heteroatoms. The van der Waals surface area contributed by atoms with E-state index in [0.29, 0.717) is 34.9 Å². The number of aromatic nitrogens is 1. The van der Waals surface area contributed by atoms with Crippen LogP contribution in [0, 0.1) is 0 Å². The first-order valence-corrected chi connectivity index (χ1v) is 12.2. The van der Waals surface area contributed by atoms with Crippen molar-refractivity contribution in [1.29, 1.82) is 0 Å². The van der Waals surface area contributed by atoms with Gasteiger partial charge in [0.05, 0.1) is 31.7 Å². The first-order chi connectivity index (χ1) is 19.1. The predicted molar refractivity (Wildman–Crippen MR) is 147 cm³/mol. The van der Waals surface area contributed by atoms with Gasteiger partial charge < -0.3 is 23.6 Å². The smallest absolute Gasteiger partial charge is 0.379 e. The number of nitrogens with zero attached hydrogens (tertiary/aromatic N) is 1. The van der Waals surface area contributed by atoms with E-state index in [2.05, 4.69) is 15.5 Å². The molecule has 2 aromatic heterocycles. The molecule has 0 unspecified atom stereocenters. The van der Waals surface area contributed by atoms with Gasteiger partial charge in [0.2, 0.25) is 5.76 Å². The number of benzene rings is 3. The Kier molecular flexibility index (Phi) is 7.40. The first kappa shape index (κ1) is 25.3. The third kappa shape index (κ3) is 5.37. The Morgan fingerprint density at radius 2 is 1.82 bits per heavy atom. The number of hydrogen-bond acceptors (Lipinski definition) is 7.